The van der Waals surface area contributed by atoms with E-state index in [9.17, 15) is 13.2 Å². The Kier molecular flexibility index (Phi) is 7.04. The Morgan fingerprint density at radius 2 is 1.97 bits per heavy atom. The highest BCUT2D eigenvalue weighted by molar-refractivity contribution is 8.01. The Morgan fingerprint density at radius 3 is 2.67 bits per heavy atom. The highest BCUT2D eigenvalue weighted by Crippen LogP contribution is 2.27. The van der Waals surface area contributed by atoms with Crippen LogP contribution < -0.4 is 5.32 Å². The lowest BCUT2D eigenvalue weighted by Gasteiger charge is -2.15. The van der Waals surface area contributed by atoms with E-state index in [1.807, 2.05) is 0 Å². The van der Waals surface area contributed by atoms with E-state index in [4.69, 9.17) is 4.74 Å². The summed E-state index contributed by atoms with van der Waals surface area (Å²) in [5, 5.41) is 12.2. The predicted molar refractivity (Wildman–Crippen MR) is 117 cm³/mol. The second-order valence-corrected chi connectivity index (χ2v) is 11.4. The zero-order valence-corrected chi connectivity index (χ0v) is 18.9. The molecule has 1 aromatic heterocycles. The number of ether oxygens (including phenoxy) is 1. The monoisotopic (exact) mass is 468 g/mol. The first-order chi connectivity index (χ1) is 14.5. The van der Waals surface area contributed by atoms with Gasteiger partial charge in [-0.25, -0.2) is 8.42 Å². The van der Waals surface area contributed by atoms with Crippen molar-refractivity contribution in [2.24, 2.45) is 0 Å². The molecular formula is C19H24N4O4S3. The predicted octanol–water partition coefficient (Wildman–Crippen LogP) is 2.89. The van der Waals surface area contributed by atoms with E-state index in [1.165, 1.54) is 39.5 Å². The minimum absolute atomic E-state index is 0.0748. The van der Waals surface area contributed by atoms with Crippen LogP contribution in [-0.2, 0) is 14.8 Å². The number of ketones is 1. The molecule has 1 N–H and O–H groups in total. The van der Waals surface area contributed by atoms with Crippen molar-refractivity contribution >= 4 is 44.0 Å². The topological polar surface area (TPSA) is 101 Å². The van der Waals surface area contributed by atoms with E-state index in [2.05, 4.69) is 15.5 Å². The van der Waals surface area contributed by atoms with E-state index in [1.54, 1.807) is 12.1 Å². The van der Waals surface area contributed by atoms with Gasteiger partial charge in [0.2, 0.25) is 15.2 Å². The number of thioether (sulfide) groups is 1. The first kappa shape index (κ1) is 21.7. The summed E-state index contributed by atoms with van der Waals surface area (Å²) in [5.74, 6) is 0.146. The van der Waals surface area contributed by atoms with Gasteiger partial charge in [-0.1, -0.05) is 35.2 Å². The maximum absolute atomic E-state index is 12.6. The summed E-state index contributed by atoms with van der Waals surface area (Å²) in [7, 11) is -3.46. The molecule has 8 nitrogen and oxygen atoms in total. The molecule has 2 fully saturated rings. The maximum atomic E-state index is 12.6. The van der Waals surface area contributed by atoms with Crippen molar-refractivity contribution in [3.05, 3.63) is 29.8 Å². The van der Waals surface area contributed by atoms with E-state index >= 15 is 0 Å². The summed E-state index contributed by atoms with van der Waals surface area (Å²) in [6.07, 6.45) is 4.16. The number of rotatable bonds is 9. The van der Waals surface area contributed by atoms with Gasteiger partial charge in [-0.3, -0.25) is 4.79 Å². The number of Topliss-reactive ketones (excluding diaryl/α,β-unsaturated/α-hetero) is 1. The fraction of sp³-hybridized carbons (Fsp3) is 0.526. The van der Waals surface area contributed by atoms with Crippen LogP contribution in [0.4, 0.5) is 5.13 Å². The lowest BCUT2D eigenvalue weighted by molar-refractivity contribution is 0.102. The molecule has 0 saturated carbocycles. The Labute approximate surface area is 184 Å². The number of hydrogen-bond acceptors (Lipinski definition) is 9. The Morgan fingerprint density at radius 1 is 1.20 bits per heavy atom. The summed E-state index contributed by atoms with van der Waals surface area (Å²) in [6.45, 7) is 2.65. The van der Waals surface area contributed by atoms with Gasteiger partial charge in [-0.05, 0) is 37.8 Å². The maximum Gasteiger partial charge on any atom is 0.243 e. The second-order valence-electron chi connectivity index (χ2n) is 7.24. The van der Waals surface area contributed by atoms with Crippen molar-refractivity contribution in [3.63, 3.8) is 0 Å². The van der Waals surface area contributed by atoms with E-state index in [0.29, 0.717) is 29.5 Å². The molecule has 0 amide bonds. The quantitative estimate of drug-likeness (QED) is 0.443. The van der Waals surface area contributed by atoms with Crippen molar-refractivity contribution in [1.29, 1.82) is 0 Å². The lowest BCUT2D eigenvalue weighted by atomic mass is 10.1. The number of carbonyl (C=O) groups is 1. The average Bonchev–Trinajstić information content (AvgIpc) is 3.53. The van der Waals surface area contributed by atoms with Crippen LogP contribution in [0.15, 0.2) is 33.5 Å². The highest BCUT2D eigenvalue weighted by atomic mass is 32.2. The van der Waals surface area contributed by atoms with Crippen LogP contribution in [0.1, 0.15) is 36.0 Å². The van der Waals surface area contributed by atoms with Gasteiger partial charge in [0, 0.05) is 31.8 Å². The zero-order valence-electron chi connectivity index (χ0n) is 16.5. The molecule has 1 unspecified atom stereocenters. The molecule has 0 radical (unpaired) electrons. The number of carbonyl (C=O) groups excluding carboxylic acids is 1. The van der Waals surface area contributed by atoms with Crippen LogP contribution in [0.3, 0.4) is 0 Å². The van der Waals surface area contributed by atoms with Crippen LogP contribution in [0, 0.1) is 0 Å². The van der Waals surface area contributed by atoms with Crippen molar-refractivity contribution in [2.45, 2.75) is 41.0 Å². The van der Waals surface area contributed by atoms with Crippen molar-refractivity contribution in [2.75, 3.05) is 37.3 Å². The molecule has 1 aromatic carbocycles. The minimum Gasteiger partial charge on any atom is -0.376 e. The van der Waals surface area contributed by atoms with Crippen LogP contribution in [0.2, 0.25) is 0 Å². The third kappa shape index (κ3) is 5.20. The van der Waals surface area contributed by atoms with Gasteiger partial charge in [0.05, 0.1) is 16.8 Å². The molecule has 2 saturated heterocycles. The number of aromatic nitrogens is 2. The molecule has 0 bridgehead atoms. The molecule has 2 aliphatic heterocycles. The van der Waals surface area contributed by atoms with Crippen molar-refractivity contribution in [1.82, 2.24) is 14.5 Å². The van der Waals surface area contributed by atoms with Gasteiger partial charge in [-0.2, -0.15) is 4.31 Å². The van der Waals surface area contributed by atoms with Crippen molar-refractivity contribution in [3.8, 4) is 0 Å². The molecule has 2 aliphatic rings. The van der Waals surface area contributed by atoms with Crippen LogP contribution in [-0.4, -0.2) is 66.8 Å². The molecule has 11 heteroatoms. The van der Waals surface area contributed by atoms with Crippen LogP contribution in [0.25, 0.3) is 0 Å². The fourth-order valence-corrected chi connectivity index (χ4v) is 6.62. The minimum atomic E-state index is -3.46. The summed E-state index contributed by atoms with van der Waals surface area (Å²) in [5.41, 5.74) is 0.490. The Hall–Kier alpha value is -1.53. The van der Waals surface area contributed by atoms with Crippen molar-refractivity contribution < 1.29 is 17.9 Å². The van der Waals surface area contributed by atoms with Gasteiger partial charge in [0.1, 0.15) is 0 Å². The number of nitrogens with one attached hydrogen (secondary N) is 1. The number of sulfonamides is 1. The molecule has 162 valence electrons. The summed E-state index contributed by atoms with van der Waals surface area (Å²) in [4.78, 5) is 12.7. The van der Waals surface area contributed by atoms with Crippen LogP contribution >= 0.6 is 23.1 Å². The van der Waals surface area contributed by atoms with Gasteiger partial charge in [0.25, 0.3) is 0 Å². The zero-order chi connectivity index (χ0) is 21.0. The second kappa shape index (κ2) is 9.73. The third-order valence-corrected chi connectivity index (χ3v) is 9.04. The molecule has 0 aliphatic carbocycles. The molecule has 0 spiro atoms. The van der Waals surface area contributed by atoms with Gasteiger partial charge in [0.15, 0.2) is 10.1 Å². The van der Waals surface area contributed by atoms with Gasteiger partial charge < -0.3 is 10.1 Å². The van der Waals surface area contributed by atoms with Gasteiger partial charge >= 0.3 is 0 Å². The first-order valence-electron chi connectivity index (χ1n) is 9.97. The SMILES string of the molecule is O=C(CSc1nnc(NCC2CCCO2)s1)c1ccc(S(=O)(=O)N2CCCC2)cc1. The summed E-state index contributed by atoms with van der Waals surface area (Å²) < 4.78 is 32.9. The standard InChI is InChI=1S/C19H24N4O4S3/c24-17(13-28-19-22-21-18(29-19)20-12-15-4-3-11-27-15)14-5-7-16(8-6-14)30(25,26)23-9-1-2-10-23/h5-8,15H,1-4,9-13H2,(H,20,21). The first-order valence-corrected chi connectivity index (χ1v) is 13.2. The smallest absolute Gasteiger partial charge is 0.243 e. The van der Waals surface area contributed by atoms with Gasteiger partial charge in [-0.15, -0.1) is 10.2 Å². The number of benzene rings is 1. The fourth-order valence-electron chi connectivity index (χ4n) is 3.45. The molecule has 2 aromatic rings. The molecule has 30 heavy (non-hydrogen) atoms. The largest absolute Gasteiger partial charge is 0.376 e. The Bertz CT molecular complexity index is 966. The normalized spacial score (nSPS) is 19.9. The van der Waals surface area contributed by atoms with Crippen LogP contribution in [0.5, 0.6) is 0 Å². The third-order valence-electron chi connectivity index (χ3n) is 5.12. The van der Waals surface area contributed by atoms with E-state index in [-0.39, 0.29) is 22.5 Å². The highest BCUT2D eigenvalue weighted by Gasteiger charge is 2.27. The number of hydrogen-bond donors (Lipinski definition) is 1. The summed E-state index contributed by atoms with van der Waals surface area (Å²) in [6, 6.07) is 6.20. The lowest BCUT2D eigenvalue weighted by Crippen LogP contribution is -2.27. The number of nitrogens with zero attached hydrogens (tertiary/aromatic N) is 3. The average molecular weight is 469 g/mol. The molecule has 1 atom stereocenters. The van der Waals surface area contributed by atoms with E-state index in [0.717, 1.165) is 37.4 Å². The molecule has 3 heterocycles. The number of anilines is 1. The van der Waals surface area contributed by atoms with E-state index < -0.39 is 10.0 Å². The molecular weight excluding hydrogens is 444 g/mol. The molecule has 4 rings (SSSR count). The Balaban J connectivity index is 1.29. The summed E-state index contributed by atoms with van der Waals surface area (Å²) >= 11 is 2.74.